The van der Waals surface area contributed by atoms with Gasteiger partial charge >= 0.3 is 0 Å². The van der Waals surface area contributed by atoms with Crippen LogP contribution in [0.5, 0.6) is 0 Å². The molecule has 0 aromatic rings. The monoisotopic (exact) mass is 208 g/mol. The molecule has 0 amide bonds. The Morgan fingerprint density at radius 2 is 1.67 bits per heavy atom. The summed E-state index contributed by atoms with van der Waals surface area (Å²) in [6.45, 7) is 8.03. The third-order valence-corrected chi connectivity index (χ3v) is 3.60. The number of rotatable bonds is 9. The average molecular weight is 208 g/mol. The molecule has 2 aliphatic rings. The van der Waals surface area contributed by atoms with Gasteiger partial charge in [0.15, 0.2) is 0 Å². The van der Waals surface area contributed by atoms with Crippen LogP contribution in [-0.4, -0.2) is 26.2 Å². The molecule has 2 saturated carbocycles. The highest BCUT2D eigenvalue weighted by Gasteiger charge is 2.40. The molecule has 0 bridgehead atoms. The molecule has 0 aromatic heterocycles. The molecule has 0 atom stereocenters. The summed E-state index contributed by atoms with van der Waals surface area (Å²) in [5.74, 6) is 3.15. The zero-order valence-corrected chi connectivity index (χ0v) is 9.67. The van der Waals surface area contributed by atoms with E-state index in [9.17, 15) is 0 Å². The molecule has 0 radical (unpaired) electrons. The second-order valence-corrected chi connectivity index (χ2v) is 5.04. The Morgan fingerprint density at radius 1 is 1.07 bits per heavy atom. The van der Waals surface area contributed by atoms with Crippen LogP contribution < -0.4 is 10.6 Å². The molecule has 2 nitrogen and oxygen atoms in total. The highest BCUT2D eigenvalue weighted by Crippen LogP contribution is 2.48. The van der Waals surface area contributed by atoms with Gasteiger partial charge in [-0.2, -0.15) is 0 Å². The summed E-state index contributed by atoms with van der Waals surface area (Å²) in [5, 5.41) is 6.91. The maximum absolute atomic E-state index is 3.69. The van der Waals surface area contributed by atoms with Crippen LogP contribution in [-0.2, 0) is 0 Å². The molecule has 86 valence electrons. The molecule has 2 aliphatic carbocycles. The number of hydrogen-bond acceptors (Lipinski definition) is 2. The zero-order chi connectivity index (χ0) is 10.5. The molecule has 2 fully saturated rings. The Kier molecular flexibility index (Phi) is 4.21. The maximum Gasteiger partial charge on any atom is 0.0132 e. The van der Waals surface area contributed by atoms with Crippen molar-refractivity contribution < 1.29 is 0 Å². The lowest BCUT2D eigenvalue weighted by molar-refractivity contribution is 0.379. The van der Waals surface area contributed by atoms with Crippen LogP contribution in [0.15, 0.2) is 12.7 Å². The third kappa shape index (κ3) is 3.96. The first-order chi connectivity index (χ1) is 7.42. The Balaban J connectivity index is 1.50. The van der Waals surface area contributed by atoms with E-state index in [0.717, 1.165) is 37.4 Å². The molecule has 2 heteroatoms. The molecule has 0 aromatic carbocycles. The van der Waals surface area contributed by atoms with Gasteiger partial charge in [0.05, 0.1) is 0 Å². The molecule has 0 saturated heterocycles. The Labute approximate surface area is 93.5 Å². The Morgan fingerprint density at radius 3 is 2.20 bits per heavy atom. The van der Waals surface area contributed by atoms with E-state index in [1.807, 2.05) is 6.08 Å². The summed E-state index contributed by atoms with van der Waals surface area (Å²) >= 11 is 0. The first-order valence-electron chi connectivity index (χ1n) is 6.44. The van der Waals surface area contributed by atoms with Crippen molar-refractivity contribution in [1.82, 2.24) is 10.6 Å². The lowest BCUT2D eigenvalue weighted by Crippen LogP contribution is -2.32. The quantitative estimate of drug-likeness (QED) is 0.446. The van der Waals surface area contributed by atoms with Crippen molar-refractivity contribution in [2.75, 3.05) is 26.2 Å². The van der Waals surface area contributed by atoms with Gasteiger partial charge in [-0.1, -0.05) is 6.08 Å². The molecule has 0 heterocycles. The van der Waals surface area contributed by atoms with Gasteiger partial charge in [-0.25, -0.2) is 0 Å². The molecular formula is C13H24N2. The summed E-state index contributed by atoms with van der Waals surface area (Å²) in [6, 6.07) is 0. The van der Waals surface area contributed by atoms with Gasteiger partial charge < -0.3 is 10.6 Å². The summed E-state index contributed by atoms with van der Waals surface area (Å²) in [5.41, 5.74) is 0. The van der Waals surface area contributed by atoms with Crippen LogP contribution in [0.2, 0.25) is 0 Å². The Hall–Kier alpha value is -0.340. The molecule has 2 N–H and O–H groups in total. The van der Waals surface area contributed by atoms with E-state index in [1.165, 1.54) is 32.2 Å². The smallest absolute Gasteiger partial charge is 0.0132 e. The van der Waals surface area contributed by atoms with Crippen LogP contribution in [0.4, 0.5) is 0 Å². The van der Waals surface area contributed by atoms with Crippen molar-refractivity contribution in [3.8, 4) is 0 Å². The van der Waals surface area contributed by atoms with E-state index in [4.69, 9.17) is 0 Å². The highest BCUT2D eigenvalue weighted by atomic mass is 14.9. The fourth-order valence-electron chi connectivity index (χ4n) is 2.42. The van der Waals surface area contributed by atoms with Gasteiger partial charge in [0, 0.05) is 19.6 Å². The fourth-order valence-corrected chi connectivity index (χ4v) is 2.42. The van der Waals surface area contributed by atoms with Crippen molar-refractivity contribution >= 4 is 0 Å². The molecule has 0 aliphatic heterocycles. The van der Waals surface area contributed by atoms with Crippen molar-refractivity contribution in [2.24, 2.45) is 17.8 Å². The van der Waals surface area contributed by atoms with Gasteiger partial charge in [0.25, 0.3) is 0 Å². The van der Waals surface area contributed by atoms with E-state index in [1.54, 1.807) is 0 Å². The van der Waals surface area contributed by atoms with E-state index in [0.29, 0.717) is 0 Å². The minimum absolute atomic E-state index is 0.927. The van der Waals surface area contributed by atoms with E-state index >= 15 is 0 Å². The van der Waals surface area contributed by atoms with Crippen LogP contribution in [0, 0.1) is 17.8 Å². The lowest BCUT2D eigenvalue weighted by atomic mass is 9.98. The largest absolute Gasteiger partial charge is 0.315 e. The number of hydrogen-bond donors (Lipinski definition) is 2. The first-order valence-corrected chi connectivity index (χ1v) is 6.44. The van der Waals surface area contributed by atoms with Crippen molar-refractivity contribution in [3.05, 3.63) is 12.7 Å². The van der Waals surface area contributed by atoms with Gasteiger partial charge in [-0.05, 0) is 50.0 Å². The zero-order valence-electron chi connectivity index (χ0n) is 9.67. The SMILES string of the molecule is C=CCNCCNCC(C1CC1)C1CC1. The molecule has 0 unspecified atom stereocenters. The van der Waals surface area contributed by atoms with Crippen molar-refractivity contribution in [3.63, 3.8) is 0 Å². The van der Waals surface area contributed by atoms with E-state index in [-0.39, 0.29) is 0 Å². The molecular weight excluding hydrogens is 184 g/mol. The topological polar surface area (TPSA) is 24.1 Å². The standard InChI is InChI=1S/C13H24N2/c1-2-7-14-8-9-15-10-13(11-3-4-11)12-5-6-12/h2,11-15H,1,3-10H2. The van der Waals surface area contributed by atoms with E-state index < -0.39 is 0 Å². The van der Waals surface area contributed by atoms with Crippen LogP contribution in [0.1, 0.15) is 25.7 Å². The van der Waals surface area contributed by atoms with Crippen LogP contribution in [0.25, 0.3) is 0 Å². The van der Waals surface area contributed by atoms with Gasteiger partial charge in [0.1, 0.15) is 0 Å². The average Bonchev–Trinajstić information content (AvgIpc) is 3.09. The normalized spacial score (nSPS) is 20.9. The van der Waals surface area contributed by atoms with E-state index in [2.05, 4.69) is 17.2 Å². The summed E-state index contributed by atoms with van der Waals surface area (Å²) < 4.78 is 0. The maximum atomic E-state index is 3.69. The lowest BCUT2D eigenvalue weighted by Gasteiger charge is -2.16. The second-order valence-electron chi connectivity index (χ2n) is 5.04. The van der Waals surface area contributed by atoms with Crippen molar-refractivity contribution in [1.29, 1.82) is 0 Å². The predicted octanol–water partition coefficient (Wildman–Crippen LogP) is 1.79. The summed E-state index contributed by atoms with van der Waals surface area (Å²) in [7, 11) is 0. The van der Waals surface area contributed by atoms with Gasteiger partial charge in [0.2, 0.25) is 0 Å². The summed E-state index contributed by atoms with van der Waals surface area (Å²) in [6.07, 6.45) is 7.90. The highest BCUT2D eigenvalue weighted by molar-refractivity contribution is 4.92. The van der Waals surface area contributed by atoms with Crippen LogP contribution in [0.3, 0.4) is 0 Å². The predicted molar refractivity (Wildman–Crippen MR) is 64.9 cm³/mol. The minimum Gasteiger partial charge on any atom is -0.315 e. The third-order valence-electron chi connectivity index (χ3n) is 3.60. The van der Waals surface area contributed by atoms with Crippen molar-refractivity contribution in [2.45, 2.75) is 25.7 Å². The van der Waals surface area contributed by atoms with Gasteiger partial charge in [-0.3, -0.25) is 0 Å². The number of nitrogens with one attached hydrogen (secondary N) is 2. The summed E-state index contributed by atoms with van der Waals surface area (Å²) in [4.78, 5) is 0. The molecule has 2 rings (SSSR count). The first kappa shape index (κ1) is 11.2. The minimum atomic E-state index is 0.927. The molecule has 0 spiro atoms. The second kappa shape index (κ2) is 5.66. The van der Waals surface area contributed by atoms with Crippen LogP contribution >= 0.6 is 0 Å². The Bertz CT molecular complexity index is 183. The molecule has 15 heavy (non-hydrogen) atoms. The fraction of sp³-hybridized carbons (Fsp3) is 0.846. The van der Waals surface area contributed by atoms with Gasteiger partial charge in [-0.15, -0.1) is 6.58 Å².